The van der Waals surface area contributed by atoms with E-state index in [-0.39, 0.29) is 12.4 Å². The van der Waals surface area contributed by atoms with Crippen LogP contribution in [-0.4, -0.2) is 24.4 Å². The summed E-state index contributed by atoms with van der Waals surface area (Å²) in [6.07, 6.45) is 0. The molecule has 26 heavy (non-hydrogen) atoms. The summed E-state index contributed by atoms with van der Waals surface area (Å²) in [6.45, 7) is 3.67. The van der Waals surface area contributed by atoms with Crippen molar-refractivity contribution in [2.45, 2.75) is 20.5 Å². The average molecular weight is 373 g/mol. The van der Waals surface area contributed by atoms with Gasteiger partial charge in [-0.2, -0.15) is 0 Å². The highest BCUT2D eigenvalue weighted by Crippen LogP contribution is 2.21. The lowest BCUT2D eigenvalue weighted by Gasteiger charge is -2.08. The van der Waals surface area contributed by atoms with Gasteiger partial charge in [0.15, 0.2) is 6.61 Å². The van der Waals surface area contributed by atoms with Gasteiger partial charge in [0.25, 0.3) is 5.89 Å². The van der Waals surface area contributed by atoms with Crippen molar-refractivity contribution < 1.29 is 17.6 Å². The average Bonchev–Trinajstić information content (AvgIpc) is 3.10. The molecule has 1 heterocycles. The fraction of sp³-hybridized carbons (Fsp3) is 0.222. The van der Waals surface area contributed by atoms with E-state index in [1.54, 1.807) is 31.2 Å². The highest BCUT2D eigenvalue weighted by Gasteiger charge is 2.10. The smallest absolute Gasteiger partial charge is 0.254 e. The normalized spacial score (nSPS) is 11.3. The topological polar surface area (TPSA) is 94.3 Å². The first-order valence-electron chi connectivity index (χ1n) is 8.08. The third kappa shape index (κ3) is 4.60. The number of anilines is 1. The third-order valence-corrected chi connectivity index (χ3v) is 4.92. The molecule has 0 spiro atoms. The molecule has 0 aliphatic carbocycles. The van der Waals surface area contributed by atoms with Gasteiger partial charge < -0.3 is 9.15 Å². The van der Waals surface area contributed by atoms with Gasteiger partial charge in [-0.05, 0) is 38.1 Å². The molecule has 0 amide bonds. The zero-order valence-corrected chi connectivity index (χ0v) is 15.3. The SMILES string of the molecule is CCS(=O)(=O)Nc1cccc(OCc2nnc(-c3ccc(C)cc3)o2)c1. The Morgan fingerprint density at radius 1 is 1.12 bits per heavy atom. The summed E-state index contributed by atoms with van der Waals surface area (Å²) in [6, 6.07) is 14.5. The second kappa shape index (κ2) is 7.57. The van der Waals surface area contributed by atoms with Gasteiger partial charge in [0.2, 0.25) is 15.9 Å². The molecule has 0 aliphatic heterocycles. The maximum absolute atomic E-state index is 11.6. The van der Waals surface area contributed by atoms with Crippen molar-refractivity contribution in [3.8, 4) is 17.2 Å². The molecule has 0 unspecified atom stereocenters. The standard InChI is InChI=1S/C18H19N3O4S/c1-3-26(22,23)21-15-5-4-6-16(11-15)24-12-17-19-20-18(25-17)14-9-7-13(2)8-10-14/h4-11,21H,3,12H2,1-2H3. The molecule has 3 aromatic rings. The summed E-state index contributed by atoms with van der Waals surface area (Å²) in [7, 11) is -3.33. The van der Waals surface area contributed by atoms with Crippen molar-refractivity contribution in [2.24, 2.45) is 0 Å². The number of aryl methyl sites for hydroxylation is 1. The molecule has 2 aromatic carbocycles. The number of hydrogen-bond acceptors (Lipinski definition) is 6. The van der Waals surface area contributed by atoms with E-state index in [9.17, 15) is 8.42 Å². The van der Waals surface area contributed by atoms with Crippen molar-refractivity contribution in [2.75, 3.05) is 10.5 Å². The van der Waals surface area contributed by atoms with Crippen LogP contribution in [0.25, 0.3) is 11.5 Å². The predicted molar refractivity (Wildman–Crippen MR) is 98.3 cm³/mol. The maximum Gasteiger partial charge on any atom is 0.254 e. The third-order valence-electron chi connectivity index (χ3n) is 3.62. The zero-order valence-electron chi connectivity index (χ0n) is 14.5. The van der Waals surface area contributed by atoms with Crippen LogP contribution in [0, 0.1) is 6.92 Å². The Balaban J connectivity index is 1.65. The van der Waals surface area contributed by atoms with Crippen molar-refractivity contribution in [1.82, 2.24) is 10.2 Å². The van der Waals surface area contributed by atoms with Crippen LogP contribution in [0.3, 0.4) is 0 Å². The number of ether oxygens (including phenoxy) is 1. The van der Waals surface area contributed by atoms with Crippen LogP contribution in [0.4, 0.5) is 5.69 Å². The second-order valence-corrected chi connectivity index (χ2v) is 7.70. The van der Waals surface area contributed by atoms with Gasteiger partial charge in [0.05, 0.1) is 11.4 Å². The van der Waals surface area contributed by atoms with E-state index in [1.807, 2.05) is 31.2 Å². The number of nitrogens with zero attached hydrogens (tertiary/aromatic N) is 2. The molecule has 0 atom stereocenters. The quantitative estimate of drug-likeness (QED) is 0.682. The molecule has 3 rings (SSSR count). The fourth-order valence-electron chi connectivity index (χ4n) is 2.17. The first-order chi connectivity index (χ1) is 12.4. The van der Waals surface area contributed by atoms with E-state index in [4.69, 9.17) is 9.15 Å². The minimum Gasteiger partial charge on any atom is -0.484 e. The van der Waals surface area contributed by atoms with Crippen molar-refractivity contribution in [3.05, 3.63) is 60.0 Å². The highest BCUT2D eigenvalue weighted by molar-refractivity contribution is 7.92. The second-order valence-electron chi connectivity index (χ2n) is 5.69. The Morgan fingerprint density at radius 3 is 2.62 bits per heavy atom. The number of aromatic nitrogens is 2. The maximum atomic E-state index is 11.6. The monoisotopic (exact) mass is 373 g/mol. The van der Waals surface area contributed by atoms with Crippen LogP contribution < -0.4 is 9.46 Å². The van der Waals surface area contributed by atoms with Crippen LogP contribution in [0.2, 0.25) is 0 Å². The number of benzene rings is 2. The fourth-order valence-corrected chi connectivity index (χ4v) is 2.80. The largest absolute Gasteiger partial charge is 0.484 e. The van der Waals surface area contributed by atoms with E-state index < -0.39 is 10.0 Å². The minimum atomic E-state index is -3.33. The van der Waals surface area contributed by atoms with Crippen molar-refractivity contribution in [3.63, 3.8) is 0 Å². The Bertz CT molecular complexity index is 982. The lowest BCUT2D eigenvalue weighted by Crippen LogP contribution is -2.14. The van der Waals surface area contributed by atoms with E-state index in [2.05, 4.69) is 14.9 Å². The molecule has 8 heteroatoms. The molecule has 1 N–H and O–H groups in total. The van der Waals surface area contributed by atoms with Crippen LogP contribution in [0.15, 0.2) is 52.9 Å². The molecule has 0 saturated carbocycles. The summed E-state index contributed by atoms with van der Waals surface area (Å²) < 4.78 is 37.0. The zero-order chi connectivity index (χ0) is 18.6. The molecule has 0 saturated heterocycles. The Kier molecular flexibility index (Phi) is 5.22. The van der Waals surface area contributed by atoms with E-state index in [0.29, 0.717) is 23.2 Å². The first kappa shape index (κ1) is 17.9. The van der Waals surface area contributed by atoms with E-state index in [1.165, 1.54) is 0 Å². The molecule has 1 aromatic heterocycles. The van der Waals surface area contributed by atoms with Gasteiger partial charge in [0, 0.05) is 11.6 Å². The van der Waals surface area contributed by atoms with Gasteiger partial charge in [-0.15, -0.1) is 10.2 Å². The molecule has 136 valence electrons. The molecular weight excluding hydrogens is 354 g/mol. The van der Waals surface area contributed by atoms with Gasteiger partial charge in [-0.25, -0.2) is 8.42 Å². The lowest BCUT2D eigenvalue weighted by atomic mass is 10.1. The highest BCUT2D eigenvalue weighted by atomic mass is 32.2. The van der Waals surface area contributed by atoms with Crippen molar-refractivity contribution in [1.29, 1.82) is 0 Å². The first-order valence-corrected chi connectivity index (χ1v) is 9.73. The van der Waals surface area contributed by atoms with Crippen LogP contribution >= 0.6 is 0 Å². The lowest BCUT2D eigenvalue weighted by molar-refractivity contribution is 0.264. The van der Waals surface area contributed by atoms with E-state index in [0.717, 1.165) is 11.1 Å². The molecule has 0 aliphatic rings. The van der Waals surface area contributed by atoms with Gasteiger partial charge in [0.1, 0.15) is 5.75 Å². The molecule has 0 bridgehead atoms. The Morgan fingerprint density at radius 2 is 1.88 bits per heavy atom. The number of rotatable bonds is 7. The summed E-state index contributed by atoms with van der Waals surface area (Å²) in [5.74, 6) is 1.26. The number of sulfonamides is 1. The van der Waals surface area contributed by atoms with Gasteiger partial charge in [-0.3, -0.25) is 4.72 Å². The number of nitrogens with one attached hydrogen (secondary N) is 1. The predicted octanol–water partition coefficient (Wildman–Crippen LogP) is 3.39. The van der Waals surface area contributed by atoms with Crippen LogP contribution in [-0.2, 0) is 16.6 Å². The number of hydrogen-bond donors (Lipinski definition) is 1. The Hall–Kier alpha value is -2.87. The Labute approximate surface area is 152 Å². The molecule has 0 fully saturated rings. The summed E-state index contributed by atoms with van der Waals surface area (Å²) in [5, 5.41) is 7.99. The van der Waals surface area contributed by atoms with Crippen LogP contribution in [0.5, 0.6) is 5.75 Å². The molecular formula is C18H19N3O4S. The molecule has 7 nitrogen and oxygen atoms in total. The van der Waals surface area contributed by atoms with Crippen LogP contribution in [0.1, 0.15) is 18.4 Å². The summed E-state index contributed by atoms with van der Waals surface area (Å²) in [4.78, 5) is 0. The van der Waals surface area contributed by atoms with Crippen molar-refractivity contribution >= 4 is 15.7 Å². The summed E-state index contributed by atoms with van der Waals surface area (Å²) >= 11 is 0. The minimum absolute atomic E-state index is 0.00184. The summed E-state index contributed by atoms with van der Waals surface area (Å²) in [5.41, 5.74) is 2.43. The van der Waals surface area contributed by atoms with Gasteiger partial charge in [-0.1, -0.05) is 23.8 Å². The molecule has 0 radical (unpaired) electrons. The van der Waals surface area contributed by atoms with Gasteiger partial charge >= 0.3 is 0 Å². The van der Waals surface area contributed by atoms with E-state index >= 15 is 0 Å².